The summed E-state index contributed by atoms with van der Waals surface area (Å²) < 4.78 is 10.5. The summed E-state index contributed by atoms with van der Waals surface area (Å²) in [6, 6.07) is 6.09. The van der Waals surface area contributed by atoms with Gasteiger partial charge in [-0.3, -0.25) is 0 Å². The van der Waals surface area contributed by atoms with Crippen molar-refractivity contribution < 1.29 is 14.6 Å². The van der Waals surface area contributed by atoms with E-state index < -0.39 is 0 Å². The molecular weight excluding hydrogens is 242 g/mol. The van der Waals surface area contributed by atoms with Crippen LogP contribution in [0.2, 0.25) is 0 Å². The van der Waals surface area contributed by atoms with Gasteiger partial charge in [0.05, 0.1) is 20.8 Å². The third-order valence-corrected chi connectivity index (χ3v) is 3.37. The highest BCUT2D eigenvalue weighted by Crippen LogP contribution is 2.30. The third-order valence-electron chi connectivity index (χ3n) is 3.37. The number of nitrogens with one attached hydrogen (secondary N) is 1. The Hall–Kier alpha value is -1.26. The molecule has 1 aromatic carbocycles. The molecular formula is C15H25NO3. The van der Waals surface area contributed by atoms with Gasteiger partial charge in [0.2, 0.25) is 0 Å². The van der Waals surface area contributed by atoms with E-state index in [0.29, 0.717) is 5.92 Å². The highest BCUT2D eigenvalue weighted by Gasteiger charge is 2.17. The molecule has 0 bridgehead atoms. The van der Waals surface area contributed by atoms with Gasteiger partial charge in [-0.15, -0.1) is 0 Å². The van der Waals surface area contributed by atoms with Crippen molar-refractivity contribution in [1.29, 1.82) is 0 Å². The summed E-state index contributed by atoms with van der Waals surface area (Å²) in [6.45, 7) is 6.39. The Bertz CT molecular complexity index is 393. The number of aliphatic hydroxyl groups excluding tert-OH is 1. The highest BCUT2D eigenvalue weighted by molar-refractivity contribution is 5.43. The van der Waals surface area contributed by atoms with Crippen LogP contribution in [0.4, 0.5) is 0 Å². The van der Waals surface area contributed by atoms with E-state index in [1.54, 1.807) is 14.2 Å². The number of hydrogen-bond acceptors (Lipinski definition) is 4. The number of hydrogen-bond donors (Lipinski definition) is 2. The van der Waals surface area contributed by atoms with Crippen LogP contribution in [0.15, 0.2) is 18.2 Å². The minimum absolute atomic E-state index is 0.0862. The van der Waals surface area contributed by atoms with Gasteiger partial charge in [-0.05, 0) is 30.5 Å². The Morgan fingerprint density at radius 3 is 2.21 bits per heavy atom. The molecule has 0 aromatic heterocycles. The maximum atomic E-state index is 9.37. The molecule has 0 aliphatic heterocycles. The molecule has 0 heterocycles. The first-order valence-corrected chi connectivity index (χ1v) is 6.62. The molecule has 0 aliphatic carbocycles. The van der Waals surface area contributed by atoms with Crippen molar-refractivity contribution >= 4 is 0 Å². The van der Waals surface area contributed by atoms with Crippen LogP contribution in [-0.4, -0.2) is 32.0 Å². The fourth-order valence-electron chi connectivity index (χ4n) is 2.00. The van der Waals surface area contributed by atoms with Crippen molar-refractivity contribution in [2.75, 3.05) is 20.8 Å². The van der Waals surface area contributed by atoms with Crippen LogP contribution in [0.25, 0.3) is 0 Å². The second-order valence-electron chi connectivity index (χ2n) is 5.04. The Labute approximate surface area is 115 Å². The average Bonchev–Trinajstić information content (AvgIpc) is 2.43. The van der Waals surface area contributed by atoms with Crippen LogP contribution >= 0.6 is 0 Å². The van der Waals surface area contributed by atoms with Crippen LogP contribution in [0.1, 0.15) is 32.4 Å². The molecule has 2 N–H and O–H groups in total. The smallest absolute Gasteiger partial charge is 0.161 e. The fourth-order valence-corrected chi connectivity index (χ4v) is 2.00. The Morgan fingerprint density at radius 1 is 1.11 bits per heavy atom. The molecule has 0 saturated heterocycles. The second kappa shape index (κ2) is 7.36. The first-order chi connectivity index (χ1) is 9.03. The number of rotatable bonds is 7. The number of aliphatic hydroxyl groups is 1. The van der Waals surface area contributed by atoms with Gasteiger partial charge in [-0.1, -0.05) is 19.9 Å². The maximum Gasteiger partial charge on any atom is 0.161 e. The second-order valence-corrected chi connectivity index (χ2v) is 5.04. The zero-order valence-corrected chi connectivity index (χ0v) is 12.4. The molecule has 1 rings (SSSR count). The first-order valence-electron chi connectivity index (χ1n) is 6.62. The number of methoxy groups -OCH3 is 2. The molecule has 0 spiro atoms. The van der Waals surface area contributed by atoms with Crippen molar-refractivity contribution in [1.82, 2.24) is 5.32 Å². The predicted molar refractivity (Wildman–Crippen MR) is 76.8 cm³/mol. The van der Waals surface area contributed by atoms with E-state index >= 15 is 0 Å². The molecule has 0 fully saturated rings. The minimum Gasteiger partial charge on any atom is -0.493 e. The van der Waals surface area contributed by atoms with E-state index in [1.165, 1.54) is 0 Å². The van der Waals surface area contributed by atoms with Crippen molar-refractivity contribution in [3.63, 3.8) is 0 Å². The largest absolute Gasteiger partial charge is 0.493 e. The molecule has 108 valence electrons. The van der Waals surface area contributed by atoms with Crippen LogP contribution < -0.4 is 14.8 Å². The van der Waals surface area contributed by atoms with Crippen LogP contribution in [0.3, 0.4) is 0 Å². The van der Waals surface area contributed by atoms with E-state index in [0.717, 1.165) is 17.1 Å². The summed E-state index contributed by atoms with van der Waals surface area (Å²) in [5.74, 6) is 1.83. The van der Waals surface area contributed by atoms with Crippen LogP contribution in [-0.2, 0) is 0 Å². The molecule has 4 nitrogen and oxygen atoms in total. The summed E-state index contributed by atoms with van der Waals surface area (Å²) >= 11 is 0. The van der Waals surface area contributed by atoms with Crippen molar-refractivity contribution in [2.45, 2.75) is 32.9 Å². The lowest BCUT2D eigenvalue weighted by Crippen LogP contribution is -2.38. The molecule has 1 aromatic rings. The molecule has 0 saturated carbocycles. The van der Waals surface area contributed by atoms with Gasteiger partial charge in [0, 0.05) is 12.1 Å². The zero-order chi connectivity index (χ0) is 14.4. The van der Waals surface area contributed by atoms with Crippen molar-refractivity contribution in [3.8, 4) is 11.5 Å². The summed E-state index contributed by atoms with van der Waals surface area (Å²) in [6.07, 6.45) is 0. The molecule has 19 heavy (non-hydrogen) atoms. The Balaban J connectivity index is 2.84. The van der Waals surface area contributed by atoms with Gasteiger partial charge in [-0.25, -0.2) is 0 Å². The Morgan fingerprint density at radius 2 is 1.74 bits per heavy atom. The normalized spacial score (nSPS) is 14.3. The molecule has 2 atom stereocenters. The third kappa shape index (κ3) is 4.11. The summed E-state index contributed by atoms with van der Waals surface area (Å²) in [5.41, 5.74) is 1.11. The van der Waals surface area contributed by atoms with Gasteiger partial charge in [0.25, 0.3) is 0 Å². The van der Waals surface area contributed by atoms with Gasteiger partial charge >= 0.3 is 0 Å². The Kier molecular flexibility index (Phi) is 6.12. The lowest BCUT2D eigenvalue weighted by molar-refractivity contribution is 0.201. The lowest BCUT2D eigenvalue weighted by atomic mass is 10.0. The summed E-state index contributed by atoms with van der Waals surface area (Å²) in [4.78, 5) is 0. The first kappa shape index (κ1) is 15.8. The number of ether oxygens (including phenoxy) is 2. The van der Waals surface area contributed by atoms with Gasteiger partial charge in [0.15, 0.2) is 11.5 Å². The standard InChI is InChI=1S/C15H25NO3/c1-10(2)13(9-17)16-11(3)12-6-7-14(18-4)15(8-12)19-5/h6-8,10-11,13,16-17H,9H2,1-5H3/t11?,13-/m1/s1. The molecule has 4 heteroatoms. The van der Waals surface area contributed by atoms with Gasteiger partial charge in [-0.2, -0.15) is 0 Å². The van der Waals surface area contributed by atoms with Gasteiger partial charge < -0.3 is 19.9 Å². The number of benzene rings is 1. The SMILES string of the molecule is COc1ccc(C(C)N[C@H](CO)C(C)C)cc1OC. The maximum absolute atomic E-state index is 9.37. The fraction of sp³-hybridized carbons (Fsp3) is 0.600. The van der Waals surface area contributed by atoms with Crippen molar-refractivity contribution in [2.24, 2.45) is 5.92 Å². The van der Waals surface area contributed by atoms with Gasteiger partial charge in [0.1, 0.15) is 0 Å². The lowest BCUT2D eigenvalue weighted by Gasteiger charge is -2.25. The van der Waals surface area contributed by atoms with E-state index in [2.05, 4.69) is 26.1 Å². The van der Waals surface area contributed by atoms with Crippen molar-refractivity contribution in [3.05, 3.63) is 23.8 Å². The summed E-state index contributed by atoms with van der Waals surface area (Å²) in [5, 5.41) is 12.8. The monoisotopic (exact) mass is 267 g/mol. The topological polar surface area (TPSA) is 50.7 Å². The zero-order valence-electron chi connectivity index (χ0n) is 12.4. The van der Waals surface area contributed by atoms with E-state index in [-0.39, 0.29) is 18.7 Å². The van der Waals surface area contributed by atoms with Crippen LogP contribution in [0, 0.1) is 5.92 Å². The van der Waals surface area contributed by atoms with E-state index in [9.17, 15) is 5.11 Å². The van der Waals surface area contributed by atoms with E-state index in [1.807, 2.05) is 18.2 Å². The van der Waals surface area contributed by atoms with Crippen LogP contribution in [0.5, 0.6) is 11.5 Å². The van der Waals surface area contributed by atoms with E-state index in [4.69, 9.17) is 9.47 Å². The predicted octanol–water partition coefficient (Wildman–Crippen LogP) is 2.37. The molecule has 0 radical (unpaired) electrons. The average molecular weight is 267 g/mol. The highest BCUT2D eigenvalue weighted by atomic mass is 16.5. The quantitative estimate of drug-likeness (QED) is 0.796. The minimum atomic E-state index is 0.0862. The summed E-state index contributed by atoms with van der Waals surface area (Å²) in [7, 11) is 3.25. The molecule has 0 aliphatic rings. The molecule has 0 amide bonds. The molecule has 1 unspecified atom stereocenters.